The number of carbonyl (C=O) groups excluding carboxylic acids is 4. The molecule has 0 aromatic rings. The third-order valence-electron chi connectivity index (χ3n) is 12.4. The first-order valence-electron chi connectivity index (χ1n) is 27.7. The Morgan fingerprint density at radius 1 is 0.394 bits per heavy atom. The maximum absolute atomic E-state index is 12.6. The molecule has 0 aliphatic heterocycles. The van der Waals surface area contributed by atoms with Crippen molar-refractivity contribution < 1.29 is 38.1 Å². The maximum Gasteiger partial charge on any atom is 0.407 e. The Morgan fingerprint density at radius 3 is 1.03 bits per heavy atom. The molecule has 0 saturated heterocycles. The Kier molecular flexibility index (Phi) is 46.9. The third kappa shape index (κ3) is 45.2. The lowest BCUT2D eigenvalue weighted by molar-refractivity contribution is -0.144. The molecular formula is C54H106N4O8. The fraction of sp³-hybridized carbons (Fsp3) is 0.926. The van der Waals surface area contributed by atoms with Crippen LogP contribution < -0.4 is 10.6 Å². The number of ether oxygens (including phenoxy) is 4. The van der Waals surface area contributed by atoms with Crippen LogP contribution in [0, 0.1) is 0 Å². The highest BCUT2D eigenvalue weighted by atomic mass is 16.6. The van der Waals surface area contributed by atoms with Crippen LogP contribution in [-0.2, 0) is 28.5 Å². The van der Waals surface area contributed by atoms with Crippen molar-refractivity contribution in [2.24, 2.45) is 0 Å². The summed E-state index contributed by atoms with van der Waals surface area (Å²) >= 11 is 0. The molecule has 0 heterocycles. The zero-order valence-electron chi connectivity index (χ0n) is 44.0. The van der Waals surface area contributed by atoms with Gasteiger partial charge in [-0.2, -0.15) is 0 Å². The van der Waals surface area contributed by atoms with Crippen LogP contribution in [0.15, 0.2) is 0 Å². The number of nitrogens with one attached hydrogen (secondary N) is 2. The van der Waals surface area contributed by atoms with E-state index in [9.17, 15) is 19.2 Å². The molecule has 0 aromatic carbocycles. The third-order valence-corrected chi connectivity index (χ3v) is 12.4. The van der Waals surface area contributed by atoms with Gasteiger partial charge in [0, 0.05) is 39.3 Å². The number of likely N-dealkylation sites (N-methyl/N-ethyl adjacent to an activating group) is 1. The van der Waals surface area contributed by atoms with Gasteiger partial charge in [0.25, 0.3) is 0 Å². The number of amides is 2. The van der Waals surface area contributed by atoms with Crippen LogP contribution in [0.5, 0.6) is 0 Å². The summed E-state index contributed by atoms with van der Waals surface area (Å²) in [7, 11) is 4.00. The maximum atomic E-state index is 12.6. The Morgan fingerprint density at radius 2 is 0.712 bits per heavy atom. The molecule has 0 unspecified atom stereocenters. The molecule has 2 amide bonds. The van der Waals surface area contributed by atoms with Gasteiger partial charge in [-0.05, 0) is 91.1 Å². The van der Waals surface area contributed by atoms with E-state index in [0.717, 1.165) is 57.9 Å². The zero-order valence-corrected chi connectivity index (χ0v) is 44.0. The lowest BCUT2D eigenvalue weighted by Crippen LogP contribution is -2.35. The molecule has 0 fully saturated rings. The Hall–Kier alpha value is -2.60. The van der Waals surface area contributed by atoms with Crippen molar-refractivity contribution in [2.45, 2.75) is 258 Å². The predicted molar refractivity (Wildman–Crippen MR) is 273 cm³/mol. The monoisotopic (exact) mass is 939 g/mol. The van der Waals surface area contributed by atoms with Crippen molar-refractivity contribution in [3.63, 3.8) is 0 Å². The largest absolute Gasteiger partial charge is 0.466 e. The van der Waals surface area contributed by atoms with Crippen LogP contribution in [0.3, 0.4) is 0 Å². The normalized spacial score (nSPS) is 11.5. The molecule has 66 heavy (non-hydrogen) atoms. The molecule has 0 bridgehead atoms. The topological polar surface area (TPSA) is 136 Å². The molecule has 0 rings (SSSR count). The highest BCUT2D eigenvalue weighted by Gasteiger charge is 2.17. The Balaban J connectivity index is 4.43. The molecule has 0 radical (unpaired) electrons. The minimum Gasteiger partial charge on any atom is -0.466 e. The standard InChI is InChI=1S/C54H106N4O8/c1-7-11-15-19-23-27-35-49(36-28-24-20-16-12-8-2)65-53(61)55-41-31-33-47-63-51(59)39-43-58(46-45-57(5)6)44-40-52(60)64-48-34-32-42-56-54(62)66-50(37-29-25-21-17-13-9-3)38-30-26-22-18-14-10-4/h49-50H,7-48H2,1-6H3,(H,55,61)(H,56,62). The van der Waals surface area contributed by atoms with Gasteiger partial charge < -0.3 is 39.4 Å². The quantitative estimate of drug-likeness (QED) is 0.0345. The Labute approximate surface area is 406 Å². The number of alkyl carbamates (subject to hydrolysis) is 2. The van der Waals surface area contributed by atoms with Crippen LogP contribution in [0.2, 0.25) is 0 Å². The number of hydrogen-bond acceptors (Lipinski definition) is 10. The van der Waals surface area contributed by atoms with E-state index >= 15 is 0 Å². The second kappa shape index (κ2) is 48.8. The van der Waals surface area contributed by atoms with Crippen LogP contribution >= 0.6 is 0 Å². The first-order valence-corrected chi connectivity index (χ1v) is 27.7. The van der Waals surface area contributed by atoms with Crippen molar-refractivity contribution >= 4 is 24.1 Å². The van der Waals surface area contributed by atoms with Gasteiger partial charge in [-0.3, -0.25) is 9.59 Å². The number of rotatable bonds is 49. The average molecular weight is 939 g/mol. The van der Waals surface area contributed by atoms with Gasteiger partial charge in [-0.1, -0.05) is 156 Å². The van der Waals surface area contributed by atoms with E-state index in [1.54, 1.807) is 0 Å². The number of esters is 2. The highest BCUT2D eigenvalue weighted by molar-refractivity contribution is 5.70. The molecule has 390 valence electrons. The van der Waals surface area contributed by atoms with Crippen molar-refractivity contribution in [1.29, 1.82) is 0 Å². The van der Waals surface area contributed by atoms with Crippen LogP contribution in [-0.4, -0.2) is 113 Å². The number of hydrogen-bond donors (Lipinski definition) is 2. The Bertz CT molecular complexity index is 1000. The van der Waals surface area contributed by atoms with Crippen molar-refractivity contribution in [3.8, 4) is 0 Å². The summed E-state index contributed by atoms with van der Waals surface area (Å²) < 4.78 is 22.8. The van der Waals surface area contributed by atoms with E-state index in [4.69, 9.17) is 18.9 Å². The number of nitrogens with zero attached hydrogens (tertiary/aromatic N) is 2. The zero-order chi connectivity index (χ0) is 48.6. The van der Waals surface area contributed by atoms with Crippen LogP contribution in [0.4, 0.5) is 9.59 Å². The summed E-state index contributed by atoms with van der Waals surface area (Å²) in [5, 5.41) is 5.81. The van der Waals surface area contributed by atoms with Gasteiger partial charge in [-0.25, -0.2) is 9.59 Å². The molecule has 2 N–H and O–H groups in total. The second-order valence-corrected chi connectivity index (χ2v) is 19.1. The van der Waals surface area contributed by atoms with E-state index in [1.165, 1.54) is 128 Å². The fourth-order valence-corrected chi connectivity index (χ4v) is 8.05. The molecule has 0 aromatic heterocycles. The van der Waals surface area contributed by atoms with Gasteiger partial charge in [0.05, 0.1) is 26.1 Å². The van der Waals surface area contributed by atoms with Crippen LogP contribution in [0.25, 0.3) is 0 Å². The molecule has 0 saturated carbocycles. The number of carbonyl (C=O) groups is 4. The summed E-state index contributed by atoms with van der Waals surface area (Å²) in [6.07, 6.45) is 35.6. The predicted octanol–water partition coefficient (Wildman–Crippen LogP) is 13.5. The van der Waals surface area contributed by atoms with E-state index in [2.05, 4.69) is 48.1 Å². The first kappa shape index (κ1) is 63.4. The van der Waals surface area contributed by atoms with Crippen LogP contribution in [0.1, 0.15) is 246 Å². The summed E-state index contributed by atoms with van der Waals surface area (Å²) in [5.74, 6) is -0.536. The van der Waals surface area contributed by atoms with Gasteiger partial charge >= 0.3 is 24.1 Å². The molecular weight excluding hydrogens is 833 g/mol. The van der Waals surface area contributed by atoms with Crippen molar-refractivity contribution in [3.05, 3.63) is 0 Å². The van der Waals surface area contributed by atoms with Gasteiger partial charge in [0.15, 0.2) is 0 Å². The molecule has 12 heteroatoms. The highest BCUT2D eigenvalue weighted by Crippen LogP contribution is 2.19. The van der Waals surface area contributed by atoms with E-state index in [1.807, 2.05) is 14.1 Å². The average Bonchev–Trinajstić information content (AvgIpc) is 3.29. The summed E-state index contributed by atoms with van der Waals surface area (Å²) in [5.41, 5.74) is 0. The summed E-state index contributed by atoms with van der Waals surface area (Å²) in [6, 6.07) is 0. The second-order valence-electron chi connectivity index (χ2n) is 19.1. The lowest BCUT2D eigenvalue weighted by Gasteiger charge is -2.23. The number of unbranched alkanes of at least 4 members (excludes halogenated alkanes) is 22. The summed E-state index contributed by atoms with van der Waals surface area (Å²) in [4.78, 5) is 54.7. The van der Waals surface area contributed by atoms with Crippen molar-refractivity contribution in [2.75, 3.05) is 66.6 Å². The molecule has 0 spiro atoms. The minimum absolute atomic E-state index is 0.0267. The van der Waals surface area contributed by atoms with E-state index < -0.39 is 0 Å². The van der Waals surface area contributed by atoms with Crippen molar-refractivity contribution in [1.82, 2.24) is 20.4 Å². The van der Waals surface area contributed by atoms with E-state index in [-0.39, 0.29) is 49.2 Å². The molecule has 0 aliphatic carbocycles. The minimum atomic E-state index is -0.345. The van der Waals surface area contributed by atoms with E-state index in [0.29, 0.717) is 71.6 Å². The molecule has 0 aliphatic rings. The van der Waals surface area contributed by atoms with Gasteiger partial charge in [-0.15, -0.1) is 0 Å². The van der Waals surface area contributed by atoms with Gasteiger partial charge in [0.1, 0.15) is 12.2 Å². The summed E-state index contributed by atoms with van der Waals surface area (Å²) in [6.45, 7) is 13.0. The molecule has 0 atom stereocenters. The SMILES string of the molecule is CCCCCCCCC(CCCCCCCC)OC(=O)NCCCCOC(=O)CCN(CCC(=O)OCCCCNC(=O)OC(CCCCCCCC)CCCCCCCC)CCN(C)C. The van der Waals surface area contributed by atoms with Gasteiger partial charge in [0.2, 0.25) is 0 Å². The first-order chi connectivity index (χ1) is 32.1. The lowest BCUT2D eigenvalue weighted by atomic mass is 10.0. The fourth-order valence-electron chi connectivity index (χ4n) is 8.05. The smallest absolute Gasteiger partial charge is 0.407 e. The molecule has 12 nitrogen and oxygen atoms in total.